The van der Waals surface area contributed by atoms with E-state index in [2.05, 4.69) is 17.2 Å². The summed E-state index contributed by atoms with van der Waals surface area (Å²) in [5, 5.41) is 16.6. The predicted molar refractivity (Wildman–Crippen MR) is 121 cm³/mol. The van der Waals surface area contributed by atoms with Crippen LogP contribution in [0.25, 0.3) is 0 Å². The van der Waals surface area contributed by atoms with Crippen molar-refractivity contribution in [3.05, 3.63) is 60.7 Å². The molecule has 0 aliphatic heterocycles. The molecule has 2 aromatic carbocycles. The van der Waals surface area contributed by atoms with Crippen molar-refractivity contribution in [2.24, 2.45) is 10.2 Å². The molecule has 0 aliphatic rings. The minimum absolute atomic E-state index is 0.344. The summed E-state index contributed by atoms with van der Waals surface area (Å²) in [5.74, 6) is -0.658. The Morgan fingerprint density at radius 3 is 1.41 bits per heavy atom. The smallest absolute Gasteiger partial charge is 0.303 e. The second kappa shape index (κ2) is 17.6. The Bertz CT molecular complexity index is 616. The quantitative estimate of drug-likeness (QED) is 0.272. The van der Waals surface area contributed by atoms with Gasteiger partial charge < -0.3 is 5.11 Å². The van der Waals surface area contributed by atoms with E-state index >= 15 is 0 Å². The van der Waals surface area contributed by atoms with Gasteiger partial charge >= 0.3 is 5.97 Å². The van der Waals surface area contributed by atoms with Crippen LogP contribution in [-0.2, 0) is 4.79 Å². The topological polar surface area (TPSA) is 62.0 Å². The zero-order valence-electron chi connectivity index (χ0n) is 17.8. The number of benzene rings is 2. The highest BCUT2D eigenvalue weighted by Gasteiger charge is 1.96. The van der Waals surface area contributed by atoms with Crippen LogP contribution in [0, 0.1) is 0 Å². The summed E-state index contributed by atoms with van der Waals surface area (Å²) in [6, 6.07) is 19.4. The van der Waals surface area contributed by atoms with Crippen molar-refractivity contribution in [3.63, 3.8) is 0 Å². The molecule has 1 N–H and O–H groups in total. The molecule has 4 heteroatoms. The van der Waals surface area contributed by atoms with Crippen molar-refractivity contribution in [1.29, 1.82) is 0 Å². The molecule has 0 radical (unpaired) electrons. The molecular weight excluding hydrogens is 360 g/mol. The summed E-state index contributed by atoms with van der Waals surface area (Å²) in [5.41, 5.74) is 1.74. The number of aliphatic carboxylic acids is 1. The third kappa shape index (κ3) is 15.1. The molecular formula is C25H36N2O2. The number of nitrogens with zero attached hydrogens (tertiary/aromatic N) is 2. The van der Waals surface area contributed by atoms with Gasteiger partial charge in [0.05, 0.1) is 11.4 Å². The van der Waals surface area contributed by atoms with Crippen molar-refractivity contribution in [2.45, 2.75) is 77.6 Å². The van der Waals surface area contributed by atoms with Gasteiger partial charge in [0.25, 0.3) is 0 Å². The summed E-state index contributed by atoms with van der Waals surface area (Å²) in [6.07, 6.45) is 12.9. The van der Waals surface area contributed by atoms with E-state index in [4.69, 9.17) is 5.11 Å². The zero-order valence-corrected chi connectivity index (χ0v) is 17.8. The molecule has 29 heavy (non-hydrogen) atoms. The Kier molecular flexibility index (Phi) is 14.9. The first-order valence-corrected chi connectivity index (χ1v) is 11.0. The molecule has 0 unspecified atom stereocenters. The zero-order chi connectivity index (χ0) is 21.0. The molecule has 0 spiro atoms. The number of hydrogen-bond acceptors (Lipinski definition) is 3. The van der Waals surface area contributed by atoms with Gasteiger partial charge in [-0.3, -0.25) is 4.79 Å². The number of unbranched alkanes of at least 4 members (excludes halogenated alkanes) is 9. The van der Waals surface area contributed by atoms with Crippen molar-refractivity contribution in [1.82, 2.24) is 0 Å². The standard InChI is InChI=1S/C13H26O2.C12H10N2/c1-2-3-4-5-6-7-8-9-10-11-12-13(14)15;1-3-7-11(8-4-1)13-14-12-9-5-2-6-10-12/h2-12H2,1H3,(H,14,15);1-10H. The third-order valence-electron chi connectivity index (χ3n) is 4.54. The molecule has 0 bridgehead atoms. The molecule has 0 amide bonds. The van der Waals surface area contributed by atoms with E-state index in [-0.39, 0.29) is 0 Å². The summed E-state index contributed by atoms with van der Waals surface area (Å²) < 4.78 is 0. The summed E-state index contributed by atoms with van der Waals surface area (Å²) in [4.78, 5) is 10.2. The van der Waals surface area contributed by atoms with Gasteiger partial charge in [0.1, 0.15) is 0 Å². The molecule has 0 aromatic heterocycles. The van der Waals surface area contributed by atoms with Crippen LogP contribution in [0.15, 0.2) is 70.9 Å². The van der Waals surface area contributed by atoms with E-state index in [0.29, 0.717) is 6.42 Å². The normalized spacial score (nSPS) is 10.5. The predicted octanol–water partition coefficient (Wildman–Crippen LogP) is 8.48. The van der Waals surface area contributed by atoms with Crippen LogP contribution in [0.5, 0.6) is 0 Å². The van der Waals surface area contributed by atoms with Crippen molar-refractivity contribution in [3.8, 4) is 0 Å². The molecule has 0 saturated heterocycles. The minimum atomic E-state index is -0.658. The Balaban J connectivity index is 0.000000290. The highest BCUT2D eigenvalue weighted by molar-refractivity contribution is 5.66. The molecule has 4 nitrogen and oxygen atoms in total. The minimum Gasteiger partial charge on any atom is -0.481 e. The van der Waals surface area contributed by atoms with Crippen LogP contribution in [-0.4, -0.2) is 11.1 Å². The van der Waals surface area contributed by atoms with Crippen LogP contribution in [0.4, 0.5) is 11.4 Å². The Labute approximate surface area is 176 Å². The van der Waals surface area contributed by atoms with Gasteiger partial charge in [0.15, 0.2) is 0 Å². The van der Waals surface area contributed by atoms with Gasteiger partial charge in [-0.25, -0.2) is 0 Å². The molecule has 2 rings (SSSR count). The molecule has 0 aliphatic carbocycles. The number of azo groups is 1. The van der Waals surface area contributed by atoms with E-state index in [9.17, 15) is 4.79 Å². The average Bonchev–Trinajstić information content (AvgIpc) is 2.75. The van der Waals surface area contributed by atoms with Crippen LogP contribution in [0.1, 0.15) is 77.6 Å². The fourth-order valence-electron chi connectivity index (χ4n) is 2.87. The first-order chi connectivity index (χ1) is 14.2. The maximum atomic E-state index is 10.2. The maximum absolute atomic E-state index is 10.2. The van der Waals surface area contributed by atoms with Crippen molar-refractivity contribution >= 4 is 17.3 Å². The van der Waals surface area contributed by atoms with Crippen molar-refractivity contribution < 1.29 is 9.90 Å². The highest BCUT2D eigenvalue weighted by Crippen LogP contribution is 2.16. The second-order valence-corrected chi connectivity index (χ2v) is 7.20. The number of rotatable bonds is 13. The molecule has 0 fully saturated rings. The Morgan fingerprint density at radius 2 is 1.03 bits per heavy atom. The fraction of sp³-hybridized carbons (Fsp3) is 0.480. The average molecular weight is 397 g/mol. The lowest BCUT2D eigenvalue weighted by Crippen LogP contribution is -1.93. The van der Waals surface area contributed by atoms with Gasteiger partial charge in [0, 0.05) is 6.42 Å². The lowest BCUT2D eigenvalue weighted by Gasteiger charge is -2.01. The number of carboxylic acid groups (broad SMARTS) is 1. The largest absolute Gasteiger partial charge is 0.481 e. The van der Waals surface area contributed by atoms with E-state index in [1.807, 2.05) is 60.7 Å². The Morgan fingerprint density at radius 1 is 0.655 bits per heavy atom. The summed E-state index contributed by atoms with van der Waals surface area (Å²) in [7, 11) is 0. The SMILES string of the molecule is CCCCCCCCCCCCC(=O)O.c1ccc(N=Nc2ccccc2)cc1. The number of carbonyl (C=O) groups is 1. The maximum Gasteiger partial charge on any atom is 0.303 e. The second-order valence-electron chi connectivity index (χ2n) is 7.20. The molecule has 2 aromatic rings. The van der Waals surface area contributed by atoms with Crippen LogP contribution in [0.2, 0.25) is 0 Å². The van der Waals surface area contributed by atoms with E-state index < -0.39 is 5.97 Å². The Hall–Kier alpha value is -2.49. The van der Waals surface area contributed by atoms with Crippen molar-refractivity contribution in [2.75, 3.05) is 0 Å². The van der Waals surface area contributed by atoms with Gasteiger partial charge in [0.2, 0.25) is 0 Å². The molecule has 158 valence electrons. The molecule has 0 heterocycles. The number of carboxylic acids is 1. The summed E-state index contributed by atoms with van der Waals surface area (Å²) >= 11 is 0. The fourth-order valence-corrected chi connectivity index (χ4v) is 2.87. The molecule has 0 saturated carbocycles. The summed E-state index contributed by atoms with van der Waals surface area (Å²) in [6.45, 7) is 2.24. The first-order valence-electron chi connectivity index (χ1n) is 11.0. The van der Waals surface area contributed by atoms with Gasteiger partial charge in [-0.15, -0.1) is 0 Å². The first kappa shape index (κ1) is 24.5. The van der Waals surface area contributed by atoms with E-state index in [1.165, 1.54) is 51.4 Å². The van der Waals surface area contributed by atoms with E-state index in [0.717, 1.165) is 24.2 Å². The van der Waals surface area contributed by atoms with Gasteiger partial charge in [-0.2, -0.15) is 10.2 Å². The van der Waals surface area contributed by atoms with E-state index in [1.54, 1.807) is 0 Å². The van der Waals surface area contributed by atoms with Gasteiger partial charge in [-0.05, 0) is 30.7 Å². The van der Waals surface area contributed by atoms with Crippen LogP contribution in [0.3, 0.4) is 0 Å². The lowest BCUT2D eigenvalue weighted by molar-refractivity contribution is -0.137. The lowest BCUT2D eigenvalue weighted by atomic mass is 10.1. The highest BCUT2D eigenvalue weighted by atomic mass is 16.4. The third-order valence-corrected chi connectivity index (χ3v) is 4.54. The monoisotopic (exact) mass is 396 g/mol. The van der Waals surface area contributed by atoms with Crippen LogP contribution >= 0.6 is 0 Å². The number of hydrogen-bond donors (Lipinski definition) is 1. The van der Waals surface area contributed by atoms with Crippen LogP contribution < -0.4 is 0 Å². The van der Waals surface area contributed by atoms with Gasteiger partial charge in [-0.1, -0.05) is 101 Å². The molecule has 0 atom stereocenters.